The number of halogens is 2. The number of esters is 1. The van der Waals surface area contributed by atoms with E-state index in [2.05, 4.69) is 13.0 Å². The third-order valence-corrected chi connectivity index (χ3v) is 4.62. The summed E-state index contributed by atoms with van der Waals surface area (Å²) in [5, 5.41) is 0. The number of hydrogen-bond acceptors (Lipinski definition) is 2. The molecule has 0 unspecified atom stereocenters. The van der Waals surface area contributed by atoms with Crippen molar-refractivity contribution in [2.24, 2.45) is 11.8 Å². The van der Waals surface area contributed by atoms with Crippen molar-refractivity contribution in [1.29, 1.82) is 0 Å². The van der Waals surface area contributed by atoms with E-state index in [-0.39, 0.29) is 75.6 Å². The molecule has 2 nitrogen and oxygen atoms in total. The van der Waals surface area contributed by atoms with Gasteiger partial charge in [0.25, 0.3) is 0 Å². The third kappa shape index (κ3) is 5.28. The van der Waals surface area contributed by atoms with Gasteiger partial charge in [0.2, 0.25) is 0 Å². The molecule has 0 aliphatic heterocycles. The molecule has 0 N–H and O–H groups in total. The van der Waals surface area contributed by atoms with Crippen LogP contribution in [0.5, 0.6) is 5.75 Å². The summed E-state index contributed by atoms with van der Waals surface area (Å²) in [6.45, 7) is 2.20. The summed E-state index contributed by atoms with van der Waals surface area (Å²) >= 11 is 0. The molecule has 0 amide bonds. The number of rotatable bonds is 3. The molecule has 5 heteroatoms. The Hall–Kier alpha value is -0.425. The topological polar surface area (TPSA) is 26.3 Å². The van der Waals surface area contributed by atoms with Crippen molar-refractivity contribution in [2.45, 2.75) is 32.6 Å². The first-order valence-corrected chi connectivity index (χ1v) is 8.22. The minimum Gasteiger partial charge on any atom is -0.426 e. The Morgan fingerprint density at radius 2 is 1.72 bits per heavy atom. The molecule has 2 aromatic carbocycles. The van der Waals surface area contributed by atoms with Gasteiger partial charge in [-0.05, 0) is 49.3 Å². The van der Waals surface area contributed by atoms with E-state index in [4.69, 9.17) is 4.74 Å². The number of hydrogen-bond donors (Lipinski definition) is 0. The minimum atomic E-state index is -1.01. The maximum atomic E-state index is 13.8. The summed E-state index contributed by atoms with van der Waals surface area (Å²) in [6.07, 6.45) is 3.83. The van der Waals surface area contributed by atoms with Gasteiger partial charge in [0.05, 0.1) is 11.7 Å². The predicted molar refractivity (Wildman–Crippen MR) is 87.4 cm³/mol. The van der Waals surface area contributed by atoms with Crippen LogP contribution in [0, 0.1) is 29.5 Å². The van der Waals surface area contributed by atoms with Gasteiger partial charge in [0, 0.05) is 5.82 Å². The van der Waals surface area contributed by atoms with E-state index in [1.165, 1.54) is 12.1 Å². The molecule has 1 saturated carbocycles. The van der Waals surface area contributed by atoms with Gasteiger partial charge in [-0.1, -0.05) is 24.6 Å². The molecule has 1 aliphatic rings. The van der Waals surface area contributed by atoms with Crippen LogP contribution >= 0.6 is 0 Å². The Labute approximate surface area is 195 Å². The Morgan fingerprint density at radius 3 is 2.36 bits per heavy atom. The summed E-state index contributed by atoms with van der Waals surface area (Å²) in [6, 6.07) is 11.4. The molecule has 0 bridgehead atoms. The van der Waals surface area contributed by atoms with Gasteiger partial charge in [0.1, 0.15) is 5.75 Å². The van der Waals surface area contributed by atoms with Gasteiger partial charge >= 0.3 is 64.2 Å². The molecule has 0 heterocycles. The van der Waals surface area contributed by atoms with Gasteiger partial charge in [-0.25, -0.2) is 4.39 Å². The third-order valence-electron chi connectivity index (χ3n) is 4.62. The van der Waals surface area contributed by atoms with Crippen LogP contribution < -0.4 is 62.9 Å². The molecule has 1 fully saturated rings. The van der Waals surface area contributed by atoms with Crippen LogP contribution in [0.1, 0.15) is 32.6 Å². The van der Waals surface area contributed by atoms with Crippen LogP contribution in [0.4, 0.5) is 8.78 Å². The number of ether oxygens (including phenoxy) is 1. The van der Waals surface area contributed by atoms with Gasteiger partial charge in [-0.3, -0.25) is 9.18 Å². The molecule has 0 spiro atoms. The van der Waals surface area contributed by atoms with Crippen LogP contribution in [0.25, 0.3) is 11.1 Å². The molecule has 0 aromatic heterocycles. The zero-order valence-corrected chi connectivity index (χ0v) is 19.4. The van der Waals surface area contributed by atoms with Crippen LogP contribution in [0.2, 0.25) is 0 Å². The van der Waals surface area contributed by atoms with Gasteiger partial charge in [-0.2, -0.15) is 12.1 Å². The summed E-state index contributed by atoms with van der Waals surface area (Å²) < 4.78 is 32.5. The smallest absolute Gasteiger partial charge is 0.426 e. The maximum absolute atomic E-state index is 13.8. The van der Waals surface area contributed by atoms with Gasteiger partial charge < -0.3 is 4.74 Å². The average Bonchev–Trinajstić information content (AvgIpc) is 2.59. The van der Waals surface area contributed by atoms with E-state index < -0.39 is 11.6 Å². The fraction of sp³-hybridized carbons (Fsp3) is 0.350. The Kier molecular flexibility index (Phi) is 7.93. The van der Waals surface area contributed by atoms with E-state index in [1.54, 1.807) is 24.3 Å². The quantitative estimate of drug-likeness (QED) is 0.437. The van der Waals surface area contributed by atoms with E-state index >= 15 is 0 Å². The molecule has 2 aromatic rings. The number of carbonyl (C=O) groups excluding carboxylic acids is 1. The Bertz CT molecular complexity index is 723. The summed E-state index contributed by atoms with van der Waals surface area (Å²) in [7, 11) is 0. The zero-order chi connectivity index (χ0) is 17.1. The first kappa shape index (κ1) is 20.9. The predicted octanol–water partition coefficient (Wildman–Crippen LogP) is 2.17. The largest absolute Gasteiger partial charge is 1.00 e. The second kappa shape index (κ2) is 9.49. The van der Waals surface area contributed by atoms with Crippen LogP contribution in [-0.2, 0) is 4.79 Å². The normalized spacial score (nSPS) is 19.8. The van der Waals surface area contributed by atoms with Gasteiger partial charge in [0.15, 0.2) is 0 Å². The molecule has 126 valence electrons. The fourth-order valence-electron chi connectivity index (χ4n) is 3.07. The molecule has 0 radical (unpaired) electrons. The summed E-state index contributed by atoms with van der Waals surface area (Å²) in [5.74, 6) is -1.09. The molecule has 0 atom stereocenters. The van der Waals surface area contributed by atoms with Crippen LogP contribution in [-0.4, -0.2) is 5.97 Å². The van der Waals surface area contributed by atoms with E-state index in [0.717, 1.165) is 25.7 Å². The van der Waals surface area contributed by atoms with Crippen molar-refractivity contribution in [3.8, 4) is 16.9 Å². The van der Waals surface area contributed by atoms with Crippen molar-refractivity contribution in [2.75, 3.05) is 0 Å². The number of carbonyl (C=O) groups is 1. The van der Waals surface area contributed by atoms with Crippen molar-refractivity contribution in [3.05, 3.63) is 54.1 Å². The summed E-state index contributed by atoms with van der Waals surface area (Å²) in [4.78, 5) is 12.2. The zero-order valence-electron chi connectivity index (χ0n) is 14.5. The van der Waals surface area contributed by atoms with E-state index in [0.29, 0.717) is 17.2 Å². The molecule has 0 saturated heterocycles. The molecule has 25 heavy (non-hydrogen) atoms. The first-order valence-electron chi connectivity index (χ1n) is 8.22. The van der Waals surface area contributed by atoms with Crippen molar-refractivity contribution < 1.29 is 76.5 Å². The van der Waals surface area contributed by atoms with Crippen molar-refractivity contribution in [1.82, 2.24) is 0 Å². The average molecular weight is 415 g/mol. The van der Waals surface area contributed by atoms with Gasteiger partial charge in [-0.15, -0.1) is 6.07 Å². The molecule has 3 rings (SSSR count). The second-order valence-corrected chi connectivity index (χ2v) is 6.42. The summed E-state index contributed by atoms with van der Waals surface area (Å²) in [5.41, 5.74) is 0.678. The van der Waals surface area contributed by atoms with Crippen molar-refractivity contribution in [3.63, 3.8) is 0 Å². The van der Waals surface area contributed by atoms with Crippen LogP contribution in [0.15, 0.2) is 36.4 Å². The number of benzene rings is 2. The monoisotopic (exact) mass is 414 g/mol. The second-order valence-electron chi connectivity index (χ2n) is 6.42. The first-order chi connectivity index (χ1) is 11.5. The maximum Gasteiger partial charge on any atom is 1.00 e. The van der Waals surface area contributed by atoms with Crippen molar-refractivity contribution >= 4 is 5.97 Å². The molecule has 1 aliphatic carbocycles. The molecular formula is C20H19F2O2Rb. The van der Waals surface area contributed by atoms with Crippen LogP contribution in [0.3, 0.4) is 0 Å². The SMILES string of the molecule is CC1CCC(C(=O)Oc2ccc(-c3cc[c-]c(F)c3F)cc2)CC1.[Rb+]. The Balaban J connectivity index is 0.00000225. The van der Waals surface area contributed by atoms with E-state index in [1.807, 2.05) is 0 Å². The Morgan fingerprint density at radius 1 is 1.08 bits per heavy atom. The standard InChI is InChI=1S/C20H19F2O2.Rb/c1-13-5-7-15(8-6-13)20(23)24-16-11-9-14(10-12-16)17-3-2-4-18(21)19(17)22;/h2-3,9-13,15H,5-8H2,1H3;/q-1;+1. The van der Waals surface area contributed by atoms with E-state index in [9.17, 15) is 13.6 Å². The minimum absolute atomic E-state index is 0. The molecular weight excluding hydrogens is 396 g/mol. The fourth-order valence-corrected chi connectivity index (χ4v) is 3.07.